The number of Topliss-reactive ketones (excluding diaryl/α,β-unsaturated/α-hetero) is 1. The van der Waals surface area contributed by atoms with Gasteiger partial charge >= 0.3 is 0 Å². The molecule has 33 heavy (non-hydrogen) atoms. The van der Waals surface area contributed by atoms with Gasteiger partial charge in [-0.15, -0.1) is 0 Å². The van der Waals surface area contributed by atoms with Crippen molar-refractivity contribution in [2.24, 2.45) is 51.8 Å². The van der Waals surface area contributed by atoms with Crippen LogP contribution in [0.4, 0.5) is 0 Å². The standard InChI is InChI=1S/C29H38O4/c1-26-13-19-11-20-9-8-17-14-28(20,15-18(17)10-16-6-4-5-7-21(16)30)27(26,2)24(19)25-22(31)12-23(33-3)29(25,26)32/h4-7,17-20,23-25,30,32H,8-15H2,1-3H3. The van der Waals surface area contributed by atoms with Crippen LogP contribution in [0, 0.1) is 51.8 Å². The summed E-state index contributed by atoms with van der Waals surface area (Å²) in [5.41, 5.74) is -0.0799. The minimum Gasteiger partial charge on any atom is -0.508 e. The summed E-state index contributed by atoms with van der Waals surface area (Å²) in [5.74, 6) is 3.24. The zero-order valence-corrected chi connectivity index (χ0v) is 20.2. The molecule has 0 radical (unpaired) electrons. The number of benzene rings is 1. The van der Waals surface area contributed by atoms with Crippen LogP contribution in [0.15, 0.2) is 24.3 Å². The van der Waals surface area contributed by atoms with E-state index in [4.69, 9.17) is 4.74 Å². The first-order valence-corrected chi connectivity index (χ1v) is 13.3. The SMILES string of the molecule is COC1CC(=O)C2C3C4CC5CCC6CC5(CC6Cc5ccccc5O)C3(C)C(C)(C4)C12O. The number of fused-ring (bicyclic) bond motifs is 3. The van der Waals surface area contributed by atoms with Crippen molar-refractivity contribution in [3.63, 3.8) is 0 Å². The molecule has 6 fully saturated rings. The van der Waals surface area contributed by atoms with Crippen LogP contribution >= 0.6 is 0 Å². The molecule has 4 heteroatoms. The van der Waals surface area contributed by atoms with Crippen molar-refractivity contribution in [1.29, 1.82) is 0 Å². The molecule has 1 aromatic rings. The summed E-state index contributed by atoms with van der Waals surface area (Å²) in [6, 6.07) is 7.84. The quantitative estimate of drug-likeness (QED) is 0.697. The fourth-order valence-electron chi connectivity index (χ4n) is 11.8. The molecule has 0 saturated heterocycles. The van der Waals surface area contributed by atoms with E-state index >= 15 is 0 Å². The Hall–Kier alpha value is -1.39. The number of carbonyl (C=O) groups excluding carboxylic acids is 1. The summed E-state index contributed by atoms with van der Waals surface area (Å²) in [6.07, 6.45) is 8.24. The molecule has 0 aromatic heterocycles. The molecule has 0 amide bonds. The van der Waals surface area contributed by atoms with Crippen LogP contribution < -0.4 is 0 Å². The fourth-order valence-corrected chi connectivity index (χ4v) is 11.8. The van der Waals surface area contributed by atoms with Gasteiger partial charge in [0.2, 0.25) is 0 Å². The first-order valence-electron chi connectivity index (χ1n) is 13.3. The number of rotatable bonds is 3. The lowest BCUT2D eigenvalue weighted by Gasteiger charge is -2.61. The molecule has 0 aliphatic heterocycles. The van der Waals surface area contributed by atoms with E-state index in [2.05, 4.69) is 19.9 Å². The number of methoxy groups -OCH3 is 1. The van der Waals surface area contributed by atoms with Gasteiger partial charge in [0.1, 0.15) is 17.1 Å². The first-order chi connectivity index (χ1) is 15.7. The van der Waals surface area contributed by atoms with E-state index in [-0.39, 0.29) is 34.1 Å². The monoisotopic (exact) mass is 450 g/mol. The molecule has 1 aromatic carbocycles. The summed E-state index contributed by atoms with van der Waals surface area (Å²) in [5, 5.41) is 22.9. The molecule has 2 N–H and O–H groups in total. The second kappa shape index (κ2) is 6.23. The predicted octanol–water partition coefficient (Wildman–Crippen LogP) is 4.76. The van der Waals surface area contributed by atoms with E-state index in [1.54, 1.807) is 7.11 Å². The maximum atomic E-state index is 13.4. The topological polar surface area (TPSA) is 66.8 Å². The van der Waals surface area contributed by atoms with Gasteiger partial charge in [0, 0.05) is 18.9 Å². The summed E-state index contributed by atoms with van der Waals surface area (Å²) < 4.78 is 5.84. The van der Waals surface area contributed by atoms with Gasteiger partial charge in [-0.25, -0.2) is 0 Å². The Morgan fingerprint density at radius 3 is 2.64 bits per heavy atom. The van der Waals surface area contributed by atoms with E-state index in [9.17, 15) is 15.0 Å². The molecule has 6 aliphatic carbocycles. The minimum absolute atomic E-state index is 0.0357. The number of aromatic hydroxyl groups is 1. The normalized spacial score (nSPS) is 55.6. The number of carbonyl (C=O) groups is 1. The fraction of sp³-hybridized carbons (Fsp3) is 0.759. The molecule has 6 aliphatic rings. The van der Waals surface area contributed by atoms with Gasteiger partial charge in [-0.3, -0.25) is 4.79 Å². The smallest absolute Gasteiger partial charge is 0.141 e. The summed E-state index contributed by atoms with van der Waals surface area (Å²) in [6.45, 7) is 4.83. The molecule has 0 heterocycles. The van der Waals surface area contributed by atoms with Crippen molar-refractivity contribution >= 4 is 5.78 Å². The third-order valence-corrected chi connectivity index (χ3v) is 12.9. The van der Waals surface area contributed by atoms with Crippen LogP contribution in [0.25, 0.3) is 0 Å². The molecule has 4 nitrogen and oxygen atoms in total. The lowest BCUT2D eigenvalue weighted by atomic mass is 9.43. The lowest BCUT2D eigenvalue weighted by molar-refractivity contribution is -0.192. The number of phenols is 1. The Balaban J connectivity index is 1.34. The highest BCUT2D eigenvalue weighted by molar-refractivity contribution is 5.88. The molecular weight excluding hydrogens is 412 g/mol. The molecule has 6 bridgehead atoms. The Bertz CT molecular complexity index is 1040. The predicted molar refractivity (Wildman–Crippen MR) is 124 cm³/mol. The number of ether oxygens (including phenoxy) is 1. The number of hydrogen-bond acceptors (Lipinski definition) is 4. The van der Waals surface area contributed by atoms with Gasteiger partial charge in [0.15, 0.2) is 0 Å². The third-order valence-electron chi connectivity index (χ3n) is 12.9. The van der Waals surface area contributed by atoms with Gasteiger partial charge < -0.3 is 14.9 Å². The largest absolute Gasteiger partial charge is 0.508 e. The average Bonchev–Trinajstić information content (AvgIpc) is 3.34. The zero-order chi connectivity index (χ0) is 23.0. The van der Waals surface area contributed by atoms with Crippen LogP contribution in [0.1, 0.15) is 64.4 Å². The molecule has 1 spiro atoms. The molecule has 7 rings (SSSR count). The van der Waals surface area contributed by atoms with E-state index in [0.29, 0.717) is 41.8 Å². The van der Waals surface area contributed by atoms with Crippen molar-refractivity contribution < 1.29 is 19.7 Å². The van der Waals surface area contributed by atoms with E-state index in [1.165, 1.54) is 32.1 Å². The number of hydrogen-bond donors (Lipinski definition) is 2. The molecule has 11 atom stereocenters. The third kappa shape index (κ3) is 2.05. The molecule has 11 unspecified atom stereocenters. The van der Waals surface area contributed by atoms with Gasteiger partial charge in [-0.1, -0.05) is 32.0 Å². The van der Waals surface area contributed by atoms with Crippen LogP contribution in [0.5, 0.6) is 5.75 Å². The van der Waals surface area contributed by atoms with Crippen LogP contribution in [-0.2, 0) is 16.0 Å². The van der Waals surface area contributed by atoms with Crippen molar-refractivity contribution in [2.75, 3.05) is 7.11 Å². The second-order valence-electron chi connectivity index (χ2n) is 13.1. The van der Waals surface area contributed by atoms with E-state index < -0.39 is 5.60 Å². The second-order valence-corrected chi connectivity index (χ2v) is 13.1. The van der Waals surface area contributed by atoms with Crippen LogP contribution in [-0.4, -0.2) is 34.8 Å². The summed E-state index contributed by atoms with van der Waals surface area (Å²) in [4.78, 5) is 13.4. The molecule has 6 saturated carbocycles. The maximum Gasteiger partial charge on any atom is 0.141 e. The van der Waals surface area contributed by atoms with Gasteiger partial charge in [0.05, 0.1) is 12.0 Å². The molecular formula is C29H38O4. The Labute approximate surface area is 197 Å². The zero-order valence-electron chi connectivity index (χ0n) is 20.2. The van der Waals surface area contributed by atoms with E-state index in [0.717, 1.165) is 18.4 Å². The van der Waals surface area contributed by atoms with Crippen LogP contribution in [0.3, 0.4) is 0 Å². The van der Waals surface area contributed by atoms with Gasteiger partial charge in [-0.05, 0) is 97.0 Å². The van der Waals surface area contributed by atoms with E-state index in [1.807, 2.05) is 18.2 Å². The average molecular weight is 451 g/mol. The molecule has 178 valence electrons. The van der Waals surface area contributed by atoms with Crippen molar-refractivity contribution in [3.8, 4) is 5.75 Å². The van der Waals surface area contributed by atoms with Crippen molar-refractivity contribution in [2.45, 2.75) is 76.9 Å². The highest BCUT2D eigenvalue weighted by Gasteiger charge is 2.88. The summed E-state index contributed by atoms with van der Waals surface area (Å²) in [7, 11) is 1.68. The number of para-hydroxylation sites is 1. The summed E-state index contributed by atoms with van der Waals surface area (Å²) >= 11 is 0. The highest BCUT2D eigenvalue weighted by atomic mass is 16.5. The Kier molecular flexibility index (Phi) is 3.96. The maximum absolute atomic E-state index is 13.4. The number of aliphatic hydroxyl groups is 1. The number of phenolic OH excluding ortho intramolecular Hbond substituents is 1. The van der Waals surface area contributed by atoms with Crippen molar-refractivity contribution in [1.82, 2.24) is 0 Å². The lowest BCUT2D eigenvalue weighted by Crippen LogP contribution is -2.60. The van der Waals surface area contributed by atoms with Gasteiger partial charge in [-0.2, -0.15) is 0 Å². The Morgan fingerprint density at radius 2 is 1.88 bits per heavy atom. The van der Waals surface area contributed by atoms with Gasteiger partial charge in [0.25, 0.3) is 0 Å². The number of ketones is 1. The minimum atomic E-state index is -1.03. The Morgan fingerprint density at radius 1 is 1.09 bits per heavy atom. The first kappa shape index (κ1) is 20.9. The highest BCUT2D eigenvalue weighted by Crippen LogP contribution is 2.88. The van der Waals surface area contributed by atoms with Crippen LogP contribution in [0.2, 0.25) is 0 Å². The van der Waals surface area contributed by atoms with Crippen molar-refractivity contribution in [3.05, 3.63) is 29.8 Å².